The Hall–Kier alpha value is -1.80. The van der Waals surface area contributed by atoms with Gasteiger partial charge >= 0.3 is 35.6 Å². The zero-order chi connectivity index (χ0) is 29.5. The van der Waals surface area contributed by atoms with E-state index in [0.717, 1.165) is 28.8 Å². The van der Waals surface area contributed by atoms with Crippen LogP contribution in [0.25, 0.3) is 0 Å². The standard InChI is InChI=1S/C34H40NOP.2ClH.Ti/c1-24-15-14-16-25(23-35(27-17-10-8-11-18-27)28-19-12-9-13-20-28)32(24)37-30-22-26(33(2,3)4)21-29(31(30)36)34(5,6)7;;;/h8-22,36-37H,23H2,1-7H3;2*1H;/q;;;+2/p-2. The molecule has 0 saturated heterocycles. The molecule has 4 aromatic rings. The Bertz CT molecular complexity index is 1340. The van der Waals surface area contributed by atoms with Gasteiger partial charge in [0.25, 0.3) is 0 Å². The van der Waals surface area contributed by atoms with Crippen LogP contribution in [0.3, 0.4) is 0 Å². The second-order valence-electron chi connectivity index (χ2n) is 12.0. The van der Waals surface area contributed by atoms with E-state index in [1.807, 2.05) is 0 Å². The number of phenols is 1. The first kappa shape index (κ1) is 32.7. The predicted octanol–water partition coefficient (Wildman–Crippen LogP) is 9.64. The number of halogens is 2. The molecular weight excluding hydrogens is 588 g/mol. The summed E-state index contributed by atoms with van der Waals surface area (Å²) in [7, 11) is 10.1. The zero-order valence-electron chi connectivity index (χ0n) is 24.5. The summed E-state index contributed by atoms with van der Waals surface area (Å²) in [6.07, 6.45) is 0. The van der Waals surface area contributed by atoms with Crippen molar-refractivity contribution in [1.29, 1.82) is 0 Å². The van der Waals surface area contributed by atoms with Crippen LogP contribution in [0.1, 0.15) is 63.8 Å². The minimum absolute atomic E-state index is 0.00108. The molecule has 4 aromatic carbocycles. The molecule has 210 valence electrons. The van der Waals surface area contributed by atoms with Crippen molar-refractivity contribution >= 4 is 49.2 Å². The van der Waals surface area contributed by atoms with Crippen molar-refractivity contribution in [2.45, 2.75) is 65.8 Å². The molecule has 4 rings (SSSR count). The number of benzene rings is 4. The van der Waals surface area contributed by atoms with Gasteiger partial charge in [-0.3, -0.25) is 0 Å². The SMILES string of the molecule is Cc1cccc(CN(c2ccccc2)c2ccccc2)c1Pc1cc(C(C)(C)C)cc(C(C)(C)C)c1O.[Cl][Ti][Cl]. The summed E-state index contributed by atoms with van der Waals surface area (Å²) in [5.74, 6) is 0.441. The van der Waals surface area contributed by atoms with E-state index in [1.54, 1.807) is 0 Å². The van der Waals surface area contributed by atoms with E-state index in [4.69, 9.17) is 18.6 Å². The Morgan fingerprint density at radius 1 is 0.750 bits per heavy atom. The summed E-state index contributed by atoms with van der Waals surface area (Å²) in [5.41, 5.74) is 7.01. The number of phenolic OH excluding ortho intramolecular Hbond substituents is 1. The molecule has 0 spiro atoms. The van der Waals surface area contributed by atoms with Crippen LogP contribution in [0.2, 0.25) is 0 Å². The second kappa shape index (κ2) is 14.4. The number of anilines is 2. The Morgan fingerprint density at radius 2 is 1.27 bits per heavy atom. The van der Waals surface area contributed by atoms with Gasteiger partial charge in [0.05, 0.1) is 0 Å². The van der Waals surface area contributed by atoms with Gasteiger partial charge in [0.2, 0.25) is 0 Å². The molecule has 0 amide bonds. The average molecular weight is 628 g/mol. The van der Waals surface area contributed by atoms with Crippen molar-refractivity contribution in [3.8, 4) is 5.75 Å². The fourth-order valence-electron chi connectivity index (χ4n) is 4.63. The van der Waals surface area contributed by atoms with Crippen molar-refractivity contribution in [3.63, 3.8) is 0 Å². The van der Waals surface area contributed by atoms with E-state index in [9.17, 15) is 5.11 Å². The molecule has 0 aliphatic rings. The topological polar surface area (TPSA) is 23.5 Å². The van der Waals surface area contributed by atoms with Gasteiger partial charge < -0.3 is 10.0 Å². The van der Waals surface area contributed by atoms with Gasteiger partial charge in [-0.2, -0.15) is 0 Å². The first-order valence-electron chi connectivity index (χ1n) is 13.4. The molecule has 6 heteroatoms. The quantitative estimate of drug-likeness (QED) is 0.170. The van der Waals surface area contributed by atoms with Gasteiger partial charge in [0, 0.05) is 28.8 Å². The Kier molecular flexibility index (Phi) is 11.8. The molecule has 0 aromatic heterocycles. The van der Waals surface area contributed by atoms with Gasteiger partial charge in [0.15, 0.2) is 0 Å². The zero-order valence-corrected chi connectivity index (χ0v) is 28.6. The van der Waals surface area contributed by atoms with Crippen LogP contribution in [-0.2, 0) is 34.4 Å². The monoisotopic (exact) mass is 627 g/mol. The molecule has 0 heterocycles. The first-order chi connectivity index (χ1) is 18.9. The number of rotatable bonds is 6. The predicted molar refractivity (Wildman–Crippen MR) is 175 cm³/mol. The second-order valence-corrected chi connectivity index (χ2v) is 15.9. The molecule has 0 radical (unpaired) electrons. The van der Waals surface area contributed by atoms with Gasteiger partial charge in [-0.15, -0.1) is 0 Å². The number of hydrogen-bond acceptors (Lipinski definition) is 2. The molecule has 1 atom stereocenters. The third-order valence-corrected chi connectivity index (χ3v) is 8.48. The number of para-hydroxylation sites is 2. The van der Waals surface area contributed by atoms with E-state index in [1.165, 1.54) is 22.0 Å². The number of aromatic hydroxyl groups is 1. The summed E-state index contributed by atoms with van der Waals surface area (Å²) >= 11 is -0.556. The minimum atomic E-state index is -0.556. The van der Waals surface area contributed by atoms with Crippen LogP contribution in [0.15, 0.2) is 91.0 Å². The first-order valence-corrected chi connectivity index (χ1v) is 18.7. The van der Waals surface area contributed by atoms with Crippen LogP contribution in [0.4, 0.5) is 11.4 Å². The van der Waals surface area contributed by atoms with Gasteiger partial charge in [-0.05, 0) is 70.1 Å². The van der Waals surface area contributed by atoms with Crippen LogP contribution < -0.4 is 15.5 Å². The summed E-state index contributed by atoms with van der Waals surface area (Å²) < 4.78 is 0. The molecule has 2 nitrogen and oxygen atoms in total. The van der Waals surface area contributed by atoms with E-state index in [2.05, 4.69) is 144 Å². The van der Waals surface area contributed by atoms with Crippen LogP contribution in [0, 0.1) is 6.92 Å². The van der Waals surface area contributed by atoms with Gasteiger partial charge in [-0.1, -0.05) is 111 Å². The fraction of sp³-hybridized carbons (Fsp3) is 0.294. The van der Waals surface area contributed by atoms with Gasteiger partial charge in [-0.25, -0.2) is 0 Å². The molecule has 0 aliphatic carbocycles. The average Bonchev–Trinajstić information content (AvgIpc) is 2.90. The van der Waals surface area contributed by atoms with Crippen LogP contribution in [-0.4, -0.2) is 5.11 Å². The van der Waals surface area contributed by atoms with Crippen molar-refractivity contribution < 1.29 is 22.1 Å². The Labute approximate surface area is 259 Å². The molecule has 1 unspecified atom stereocenters. The molecule has 1 N–H and O–H groups in total. The van der Waals surface area contributed by atoms with E-state index >= 15 is 0 Å². The van der Waals surface area contributed by atoms with E-state index in [-0.39, 0.29) is 10.8 Å². The third kappa shape index (κ3) is 8.61. The summed E-state index contributed by atoms with van der Waals surface area (Å²) in [6.45, 7) is 16.2. The Balaban J connectivity index is 0.00000141. The molecule has 0 bridgehead atoms. The maximum atomic E-state index is 11.5. The third-order valence-electron chi connectivity index (χ3n) is 6.87. The summed E-state index contributed by atoms with van der Waals surface area (Å²) in [5, 5.41) is 13.8. The molecule has 0 saturated carbocycles. The van der Waals surface area contributed by atoms with Crippen molar-refractivity contribution in [3.05, 3.63) is 113 Å². The summed E-state index contributed by atoms with van der Waals surface area (Å²) in [6, 6.07) is 32.2. The maximum absolute atomic E-state index is 11.5. The van der Waals surface area contributed by atoms with E-state index in [0.29, 0.717) is 14.3 Å². The molecule has 0 fully saturated rings. The Morgan fingerprint density at radius 3 is 1.75 bits per heavy atom. The normalized spacial score (nSPS) is 11.7. The van der Waals surface area contributed by atoms with Crippen molar-refractivity contribution in [2.24, 2.45) is 0 Å². The molecular formula is C34H40Cl2NOPTi. The van der Waals surface area contributed by atoms with E-state index < -0.39 is 17.0 Å². The van der Waals surface area contributed by atoms with Crippen LogP contribution in [0.5, 0.6) is 5.75 Å². The number of aryl methyl sites for hydroxylation is 1. The van der Waals surface area contributed by atoms with Crippen LogP contribution >= 0.6 is 27.2 Å². The number of hydrogen-bond donors (Lipinski definition) is 1. The fourth-order valence-corrected chi connectivity index (χ4v) is 5.98. The molecule has 0 aliphatic heterocycles. The number of nitrogens with zero attached hydrogens (tertiary/aromatic N) is 1. The molecule has 40 heavy (non-hydrogen) atoms. The van der Waals surface area contributed by atoms with Gasteiger partial charge in [0.1, 0.15) is 5.75 Å². The summed E-state index contributed by atoms with van der Waals surface area (Å²) in [4.78, 5) is 2.37. The van der Waals surface area contributed by atoms with Crippen molar-refractivity contribution in [1.82, 2.24) is 0 Å². The van der Waals surface area contributed by atoms with Crippen molar-refractivity contribution in [2.75, 3.05) is 4.90 Å².